The molecular formula is C12H22N3O+. The molecule has 0 atom stereocenters. The van der Waals surface area contributed by atoms with Gasteiger partial charge in [0.05, 0.1) is 45.2 Å². The Labute approximate surface area is 97.3 Å². The standard InChI is InChI=1S/C12H22N3O/c1-15(2,9-10-16)8-7-14-12-6-4-3-5-11(12)13/h3-6,14,16H,7-10,13H2,1-2H3/q+1. The SMILES string of the molecule is C[N+](C)(CCO)CCNc1ccccc1N. The topological polar surface area (TPSA) is 58.3 Å². The third kappa shape index (κ3) is 4.08. The maximum atomic E-state index is 8.91. The van der Waals surface area contributed by atoms with Crippen LogP contribution in [-0.4, -0.2) is 49.9 Å². The number of nitrogens with zero attached hydrogens (tertiary/aromatic N) is 1. The lowest BCUT2D eigenvalue weighted by Crippen LogP contribution is -2.45. The Bertz CT molecular complexity index is 326. The zero-order chi connectivity index (χ0) is 12.0. The maximum absolute atomic E-state index is 8.91. The molecule has 4 heteroatoms. The molecule has 4 nitrogen and oxygen atoms in total. The number of aliphatic hydroxyl groups excluding tert-OH is 1. The highest BCUT2D eigenvalue weighted by Gasteiger charge is 2.13. The Kier molecular flexibility index (Phi) is 4.58. The zero-order valence-corrected chi connectivity index (χ0v) is 10.1. The molecule has 0 aliphatic carbocycles. The number of aliphatic hydroxyl groups is 1. The van der Waals surface area contributed by atoms with E-state index in [-0.39, 0.29) is 6.61 Å². The van der Waals surface area contributed by atoms with Gasteiger partial charge in [0.2, 0.25) is 0 Å². The number of hydrogen-bond donors (Lipinski definition) is 3. The molecule has 0 unspecified atom stereocenters. The van der Waals surface area contributed by atoms with Crippen molar-refractivity contribution in [2.24, 2.45) is 0 Å². The molecule has 0 heterocycles. The Hall–Kier alpha value is -1.26. The van der Waals surface area contributed by atoms with Crippen LogP contribution in [0, 0.1) is 0 Å². The summed E-state index contributed by atoms with van der Waals surface area (Å²) in [5.74, 6) is 0. The van der Waals surface area contributed by atoms with Crippen molar-refractivity contribution in [3.63, 3.8) is 0 Å². The Morgan fingerprint density at radius 2 is 1.94 bits per heavy atom. The fraction of sp³-hybridized carbons (Fsp3) is 0.500. The van der Waals surface area contributed by atoms with E-state index in [1.807, 2.05) is 24.3 Å². The minimum absolute atomic E-state index is 0.223. The zero-order valence-electron chi connectivity index (χ0n) is 10.1. The molecule has 1 aromatic rings. The highest BCUT2D eigenvalue weighted by molar-refractivity contribution is 5.65. The number of rotatable bonds is 6. The number of anilines is 2. The number of likely N-dealkylation sites (N-methyl/N-ethyl adjacent to an activating group) is 1. The first-order chi connectivity index (χ1) is 7.55. The van der Waals surface area contributed by atoms with Crippen molar-refractivity contribution in [3.05, 3.63) is 24.3 Å². The summed E-state index contributed by atoms with van der Waals surface area (Å²) in [6.45, 7) is 2.79. The van der Waals surface area contributed by atoms with E-state index >= 15 is 0 Å². The van der Waals surface area contributed by atoms with Crippen LogP contribution in [0.5, 0.6) is 0 Å². The van der Waals surface area contributed by atoms with Gasteiger partial charge in [-0.3, -0.25) is 0 Å². The summed E-state index contributed by atoms with van der Waals surface area (Å²) in [6.07, 6.45) is 0. The monoisotopic (exact) mass is 224 g/mol. The number of nitrogens with two attached hydrogens (primary N) is 1. The summed E-state index contributed by atoms with van der Waals surface area (Å²) in [5, 5.41) is 12.2. The smallest absolute Gasteiger partial charge is 0.102 e. The highest BCUT2D eigenvalue weighted by Crippen LogP contribution is 2.16. The van der Waals surface area contributed by atoms with Gasteiger partial charge in [0.15, 0.2) is 0 Å². The Morgan fingerprint density at radius 3 is 2.56 bits per heavy atom. The lowest BCUT2D eigenvalue weighted by Gasteiger charge is -2.29. The van der Waals surface area contributed by atoms with Crippen molar-refractivity contribution >= 4 is 11.4 Å². The first-order valence-corrected chi connectivity index (χ1v) is 5.56. The molecule has 1 aromatic carbocycles. The fourth-order valence-electron chi connectivity index (χ4n) is 1.53. The van der Waals surface area contributed by atoms with Crippen LogP contribution in [0.25, 0.3) is 0 Å². The largest absolute Gasteiger partial charge is 0.397 e. The molecule has 0 aromatic heterocycles. The third-order valence-corrected chi connectivity index (χ3v) is 2.70. The van der Waals surface area contributed by atoms with Crippen molar-refractivity contribution in [2.75, 3.05) is 51.4 Å². The van der Waals surface area contributed by atoms with Crippen LogP contribution in [0.15, 0.2) is 24.3 Å². The lowest BCUT2D eigenvalue weighted by atomic mass is 10.2. The molecule has 0 aliphatic heterocycles. The molecule has 1 rings (SSSR count). The first-order valence-electron chi connectivity index (χ1n) is 5.56. The van der Waals surface area contributed by atoms with Crippen LogP contribution >= 0.6 is 0 Å². The highest BCUT2D eigenvalue weighted by atomic mass is 16.3. The number of quaternary nitrogens is 1. The van der Waals surface area contributed by atoms with E-state index in [1.165, 1.54) is 0 Å². The second-order valence-corrected chi connectivity index (χ2v) is 4.62. The number of nitrogens with one attached hydrogen (secondary N) is 1. The van der Waals surface area contributed by atoms with Gasteiger partial charge in [0, 0.05) is 0 Å². The van der Waals surface area contributed by atoms with E-state index in [0.717, 1.165) is 35.5 Å². The van der Waals surface area contributed by atoms with Crippen molar-refractivity contribution in [3.8, 4) is 0 Å². The quantitative estimate of drug-likeness (QED) is 0.493. The van der Waals surface area contributed by atoms with Crippen molar-refractivity contribution in [2.45, 2.75) is 0 Å². The van der Waals surface area contributed by atoms with Crippen molar-refractivity contribution in [1.82, 2.24) is 0 Å². The molecule has 16 heavy (non-hydrogen) atoms. The third-order valence-electron chi connectivity index (χ3n) is 2.70. The number of benzene rings is 1. The molecule has 4 N–H and O–H groups in total. The summed E-state index contributed by atoms with van der Waals surface area (Å²) in [4.78, 5) is 0. The second-order valence-electron chi connectivity index (χ2n) is 4.62. The van der Waals surface area contributed by atoms with Gasteiger partial charge in [-0.2, -0.15) is 0 Å². The van der Waals surface area contributed by atoms with Crippen molar-refractivity contribution < 1.29 is 9.59 Å². The summed E-state index contributed by atoms with van der Waals surface area (Å²) < 4.78 is 0.802. The summed E-state index contributed by atoms with van der Waals surface area (Å²) >= 11 is 0. The number of nitrogen functional groups attached to an aromatic ring is 1. The van der Waals surface area contributed by atoms with Gasteiger partial charge in [-0.1, -0.05) is 12.1 Å². The van der Waals surface area contributed by atoms with E-state index in [0.29, 0.717) is 0 Å². The number of hydrogen-bond acceptors (Lipinski definition) is 3. The van der Waals surface area contributed by atoms with Crippen molar-refractivity contribution in [1.29, 1.82) is 0 Å². The van der Waals surface area contributed by atoms with Crippen LogP contribution in [-0.2, 0) is 0 Å². The van der Waals surface area contributed by atoms with Gasteiger partial charge in [-0.05, 0) is 12.1 Å². The van der Waals surface area contributed by atoms with E-state index in [4.69, 9.17) is 10.8 Å². The number of para-hydroxylation sites is 2. The maximum Gasteiger partial charge on any atom is 0.102 e. The van der Waals surface area contributed by atoms with Crippen LogP contribution in [0.1, 0.15) is 0 Å². The van der Waals surface area contributed by atoms with Gasteiger partial charge in [-0.25, -0.2) is 0 Å². The minimum Gasteiger partial charge on any atom is -0.397 e. The van der Waals surface area contributed by atoms with Crippen LogP contribution in [0.4, 0.5) is 11.4 Å². The molecule has 0 bridgehead atoms. The van der Waals surface area contributed by atoms with E-state index in [2.05, 4.69) is 19.4 Å². The molecule has 0 aliphatic rings. The van der Waals surface area contributed by atoms with E-state index < -0.39 is 0 Å². The summed E-state index contributed by atoms with van der Waals surface area (Å²) in [6, 6.07) is 7.75. The summed E-state index contributed by atoms with van der Waals surface area (Å²) in [7, 11) is 4.21. The predicted molar refractivity (Wildman–Crippen MR) is 68.3 cm³/mol. The molecule has 0 amide bonds. The Morgan fingerprint density at radius 1 is 1.25 bits per heavy atom. The van der Waals surface area contributed by atoms with E-state index in [1.54, 1.807) is 0 Å². The summed E-state index contributed by atoms with van der Waals surface area (Å²) in [5.41, 5.74) is 7.57. The Balaban J connectivity index is 2.39. The molecule has 0 radical (unpaired) electrons. The second kappa shape index (κ2) is 5.72. The van der Waals surface area contributed by atoms with Gasteiger partial charge >= 0.3 is 0 Å². The molecular weight excluding hydrogens is 202 g/mol. The fourth-order valence-corrected chi connectivity index (χ4v) is 1.53. The predicted octanol–water partition coefficient (Wildman–Crippen LogP) is 0.749. The molecule has 0 saturated carbocycles. The first kappa shape index (κ1) is 12.8. The lowest BCUT2D eigenvalue weighted by molar-refractivity contribution is -0.888. The van der Waals surface area contributed by atoms with Crippen LogP contribution in [0.3, 0.4) is 0 Å². The average Bonchev–Trinajstić information content (AvgIpc) is 2.20. The van der Waals surface area contributed by atoms with Gasteiger partial charge in [-0.15, -0.1) is 0 Å². The molecule has 90 valence electrons. The van der Waals surface area contributed by atoms with Gasteiger partial charge in [0.1, 0.15) is 6.54 Å². The van der Waals surface area contributed by atoms with Gasteiger partial charge in [0.25, 0.3) is 0 Å². The van der Waals surface area contributed by atoms with Crippen LogP contribution < -0.4 is 11.1 Å². The minimum atomic E-state index is 0.223. The molecule has 0 saturated heterocycles. The van der Waals surface area contributed by atoms with Crippen LogP contribution in [0.2, 0.25) is 0 Å². The van der Waals surface area contributed by atoms with E-state index in [9.17, 15) is 0 Å². The molecule has 0 spiro atoms. The normalized spacial score (nSPS) is 11.4. The van der Waals surface area contributed by atoms with Gasteiger partial charge < -0.3 is 20.6 Å². The average molecular weight is 224 g/mol. The molecule has 0 fully saturated rings.